The number of hydrogen-bond acceptors (Lipinski definition) is 2. The van der Waals surface area contributed by atoms with Gasteiger partial charge in [0.1, 0.15) is 5.82 Å². The van der Waals surface area contributed by atoms with Crippen molar-refractivity contribution in [3.8, 4) is 0 Å². The molecule has 0 aromatic carbocycles. The van der Waals surface area contributed by atoms with Crippen molar-refractivity contribution < 1.29 is 0 Å². The summed E-state index contributed by atoms with van der Waals surface area (Å²) in [4.78, 5) is 0. The second kappa shape index (κ2) is 3.55. The standard InChI is InChI=1S/C15H20ClN3/c16-14-18-17-13(12-1-2-12)19(14)15-6-9-3-10(7-15)5-11(4-9)8-15/h9-12H,1-8H2. The van der Waals surface area contributed by atoms with Gasteiger partial charge in [0.25, 0.3) is 0 Å². The molecule has 5 aliphatic rings. The van der Waals surface area contributed by atoms with Gasteiger partial charge in [0.15, 0.2) is 0 Å². The zero-order valence-corrected chi connectivity index (χ0v) is 11.9. The Hall–Kier alpha value is -0.570. The van der Waals surface area contributed by atoms with E-state index >= 15 is 0 Å². The van der Waals surface area contributed by atoms with Gasteiger partial charge in [-0.3, -0.25) is 4.57 Å². The minimum Gasteiger partial charge on any atom is -0.295 e. The second-order valence-electron chi connectivity index (χ2n) is 7.58. The third-order valence-corrected chi connectivity index (χ3v) is 6.32. The number of aromatic nitrogens is 3. The highest BCUT2D eigenvalue weighted by Crippen LogP contribution is 2.60. The predicted octanol–water partition coefficient (Wildman–Crippen LogP) is 3.73. The van der Waals surface area contributed by atoms with Crippen LogP contribution in [-0.4, -0.2) is 14.8 Å². The summed E-state index contributed by atoms with van der Waals surface area (Å²) < 4.78 is 2.39. The Morgan fingerprint density at radius 2 is 1.53 bits per heavy atom. The first-order chi connectivity index (χ1) is 9.23. The molecule has 19 heavy (non-hydrogen) atoms. The fourth-order valence-electron chi connectivity index (χ4n) is 5.66. The lowest BCUT2D eigenvalue weighted by Crippen LogP contribution is -2.52. The Kier molecular flexibility index (Phi) is 2.08. The van der Waals surface area contributed by atoms with Crippen molar-refractivity contribution >= 4 is 11.6 Å². The molecule has 5 aliphatic carbocycles. The summed E-state index contributed by atoms with van der Waals surface area (Å²) in [6.45, 7) is 0. The van der Waals surface area contributed by atoms with Crippen LogP contribution in [0.2, 0.25) is 5.28 Å². The maximum Gasteiger partial charge on any atom is 0.225 e. The fourth-order valence-corrected chi connectivity index (χ4v) is 5.96. The van der Waals surface area contributed by atoms with Gasteiger partial charge < -0.3 is 0 Å². The third-order valence-electron chi connectivity index (χ3n) is 6.07. The van der Waals surface area contributed by atoms with Crippen molar-refractivity contribution in [1.82, 2.24) is 14.8 Å². The Balaban J connectivity index is 1.63. The van der Waals surface area contributed by atoms with Gasteiger partial charge in [-0.1, -0.05) is 0 Å². The van der Waals surface area contributed by atoms with Crippen LogP contribution in [0.3, 0.4) is 0 Å². The summed E-state index contributed by atoms with van der Waals surface area (Å²) in [6, 6.07) is 0. The third kappa shape index (κ3) is 1.51. The number of nitrogens with zero attached hydrogens (tertiary/aromatic N) is 3. The number of halogens is 1. The molecule has 0 spiro atoms. The van der Waals surface area contributed by atoms with Gasteiger partial charge in [-0.15, -0.1) is 10.2 Å². The molecule has 0 radical (unpaired) electrons. The molecule has 3 nitrogen and oxygen atoms in total. The average Bonchev–Trinajstić information content (AvgIpc) is 3.10. The molecule has 0 N–H and O–H groups in total. The van der Waals surface area contributed by atoms with Crippen LogP contribution < -0.4 is 0 Å². The molecule has 1 aromatic heterocycles. The Bertz CT molecular complexity index is 496. The second-order valence-corrected chi connectivity index (χ2v) is 7.92. The highest BCUT2D eigenvalue weighted by molar-refractivity contribution is 6.28. The van der Waals surface area contributed by atoms with Crippen LogP contribution in [0.4, 0.5) is 0 Å². The first-order valence-electron chi connectivity index (χ1n) is 7.85. The van der Waals surface area contributed by atoms with Crippen LogP contribution in [0.1, 0.15) is 63.1 Å². The summed E-state index contributed by atoms with van der Waals surface area (Å²) in [7, 11) is 0. The van der Waals surface area contributed by atoms with Crippen molar-refractivity contribution in [3.05, 3.63) is 11.1 Å². The van der Waals surface area contributed by atoms with Gasteiger partial charge in [-0.2, -0.15) is 0 Å². The van der Waals surface area contributed by atoms with Crippen LogP contribution in [0.15, 0.2) is 0 Å². The molecule has 102 valence electrons. The van der Waals surface area contributed by atoms with Gasteiger partial charge >= 0.3 is 0 Å². The van der Waals surface area contributed by atoms with Crippen LogP contribution in [0.5, 0.6) is 0 Å². The van der Waals surface area contributed by atoms with Crippen molar-refractivity contribution in [1.29, 1.82) is 0 Å². The van der Waals surface area contributed by atoms with Gasteiger partial charge in [-0.05, 0) is 80.7 Å². The number of rotatable bonds is 2. The van der Waals surface area contributed by atoms with Crippen molar-refractivity contribution in [3.63, 3.8) is 0 Å². The van der Waals surface area contributed by atoms with E-state index in [2.05, 4.69) is 14.8 Å². The minimum atomic E-state index is 0.285. The van der Waals surface area contributed by atoms with Gasteiger partial charge in [0.2, 0.25) is 5.28 Å². The van der Waals surface area contributed by atoms with E-state index in [1.807, 2.05) is 0 Å². The summed E-state index contributed by atoms with van der Waals surface area (Å²) in [5, 5.41) is 9.29. The highest BCUT2D eigenvalue weighted by atomic mass is 35.5. The normalized spacial score (nSPS) is 43.9. The molecular weight excluding hydrogens is 258 g/mol. The van der Waals surface area contributed by atoms with Crippen LogP contribution in [-0.2, 0) is 5.54 Å². The predicted molar refractivity (Wildman–Crippen MR) is 73.2 cm³/mol. The Labute approximate surface area is 118 Å². The lowest BCUT2D eigenvalue weighted by molar-refractivity contribution is -0.0444. The zero-order valence-electron chi connectivity index (χ0n) is 11.2. The SMILES string of the molecule is Clc1nnc(C2CC2)n1C12CC3CC(CC(C3)C1)C2. The molecule has 4 heteroatoms. The largest absolute Gasteiger partial charge is 0.295 e. The summed E-state index contributed by atoms with van der Waals surface area (Å²) in [6.07, 6.45) is 11.0. The highest BCUT2D eigenvalue weighted by Gasteiger charge is 2.53. The zero-order chi connectivity index (χ0) is 12.6. The van der Waals surface area contributed by atoms with Crippen molar-refractivity contribution in [2.75, 3.05) is 0 Å². The Morgan fingerprint density at radius 3 is 2.05 bits per heavy atom. The molecule has 5 fully saturated rings. The van der Waals surface area contributed by atoms with E-state index in [1.54, 1.807) is 0 Å². The van der Waals surface area contributed by atoms with Crippen molar-refractivity contribution in [2.45, 2.75) is 62.8 Å². The van der Waals surface area contributed by atoms with E-state index in [1.165, 1.54) is 57.2 Å². The molecule has 4 bridgehead atoms. The van der Waals surface area contributed by atoms with Crippen LogP contribution in [0.25, 0.3) is 0 Å². The molecule has 1 heterocycles. The van der Waals surface area contributed by atoms with E-state index in [4.69, 9.17) is 11.6 Å². The maximum atomic E-state index is 6.44. The first-order valence-corrected chi connectivity index (χ1v) is 8.23. The first kappa shape index (κ1) is 11.1. The van der Waals surface area contributed by atoms with Gasteiger partial charge in [0.05, 0.1) is 0 Å². The van der Waals surface area contributed by atoms with Gasteiger partial charge in [-0.25, -0.2) is 0 Å². The smallest absolute Gasteiger partial charge is 0.225 e. The average molecular weight is 278 g/mol. The molecule has 0 amide bonds. The van der Waals surface area contributed by atoms with E-state index < -0.39 is 0 Å². The molecular formula is C15H20ClN3. The minimum absolute atomic E-state index is 0.285. The quantitative estimate of drug-likeness (QED) is 0.825. The maximum absolute atomic E-state index is 6.44. The lowest BCUT2D eigenvalue weighted by atomic mass is 9.53. The summed E-state index contributed by atoms with van der Waals surface area (Å²) in [5.74, 6) is 4.67. The van der Waals surface area contributed by atoms with Gasteiger partial charge in [0, 0.05) is 11.5 Å². The Morgan fingerprint density at radius 1 is 0.947 bits per heavy atom. The van der Waals surface area contributed by atoms with E-state index in [-0.39, 0.29) is 5.54 Å². The van der Waals surface area contributed by atoms with Crippen LogP contribution in [0, 0.1) is 17.8 Å². The fraction of sp³-hybridized carbons (Fsp3) is 0.867. The molecule has 5 saturated carbocycles. The van der Waals surface area contributed by atoms with E-state index in [9.17, 15) is 0 Å². The molecule has 0 unspecified atom stereocenters. The van der Waals surface area contributed by atoms with E-state index in [0.29, 0.717) is 11.2 Å². The monoisotopic (exact) mass is 277 g/mol. The van der Waals surface area contributed by atoms with E-state index in [0.717, 1.165) is 17.8 Å². The lowest BCUT2D eigenvalue weighted by Gasteiger charge is -2.57. The molecule has 1 aromatic rings. The molecule has 0 atom stereocenters. The summed E-state index contributed by atoms with van der Waals surface area (Å²) in [5.41, 5.74) is 0.285. The molecule has 0 saturated heterocycles. The van der Waals surface area contributed by atoms with Crippen molar-refractivity contribution in [2.24, 2.45) is 17.8 Å². The number of hydrogen-bond donors (Lipinski definition) is 0. The molecule has 6 rings (SSSR count). The molecule has 0 aliphatic heterocycles. The summed E-state index contributed by atoms with van der Waals surface area (Å²) >= 11 is 6.44. The van der Waals surface area contributed by atoms with Crippen LogP contribution >= 0.6 is 11.6 Å². The topological polar surface area (TPSA) is 30.7 Å².